The van der Waals surface area contributed by atoms with Gasteiger partial charge in [0.25, 0.3) is 0 Å². The molecule has 1 saturated heterocycles. The molecule has 3 aromatic rings. The monoisotopic (exact) mass is 401 g/mol. The molecule has 1 N–H and O–H groups in total. The quantitative estimate of drug-likeness (QED) is 0.725. The number of rotatable bonds is 3. The summed E-state index contributed by atoms with van der Waals surface area (Å²) in [7, 11) is 2.17. The van der Waals surface area contributed by atoms with Crippen molar-refractivity contribution >= 4 is 28.3 Å². The van der Waals surface area contributed by atoms with E-state index in [4.69, 9.17) is 0 Å². The van der Waals surface area contributed by atoms with Crippen LogP contribution in [0.4, 0.5) is 11.4 Å². The molecule has 0 radical (unpaired) electrons. The summed E-state index contributed by atoms with van der Waals surface area (Å²) in [5.41, 5.74) is 7.79. The van der Waals surface area contributed by atoms with E-state index >= 15 is 0 Å². The van der Waals surface area contributed by atoms with Crippen molar-refractivity contribution in [3.05, 3.63) is 48.3 Å². The van der Waals surface area contributed by atoms with E-state index < -0.39 is 0 Å². The number of likely N-dealkylation sites (tertiary alicyclic amines) is 1. The molecule has 0 aliphatic carbocycles. The molecule has 1 unspecified atom stereocenters. The Kier molecular flexibility index (Phi) is 4.77. The number of amides is 1. The summed E-state index contributed by atoms with van der Waals surface area (Å²) in [6.45, 7) is 4.28. The molecule has 1 fully saturated rings. The zero-order valence-corrected chi connectivity index (χ0v) is 17.6. The Balaban J connectivity index is 1.53. The largest absolute Gasteiger partial charge is 0.380 e. The first-order valence-corrected chi connectivity index (χ1v) is 10.7. The fourth-order valence-corrected chi connectivity index (χ4v) is 4.70. The summed E-state index contributed by atoms with van der Waals surface area (Å²) in [5, 5.41) is 3.63. The lowest BCUT2D eigenvalue weighted by molar-refractivity contribution is -0.127. The number of anilines is 2. The number of nitrogens with one attached hydrogen (secondary N) is 1. The zero-order chi connectivity index (χ0) is 20.7. The number of aryl methyl sites for hydroxylation is 1. The zero-order valence-electron chi connectivity index (χ0n) is 17.6. The van der Waals surface area contributed by atoms with Crippen LogP contribution in [0, 0.1) is 0 Å². The Morgan fingerprint density at radius 3 is 2.83 bits per heavy atom. The van der Waals surface area contributed by atoms with E-state index in [2.05, 4.69) is 57.6 Å². The summed E-state index contributed by atoms with van der Waals surface area (Å²) in [6, 6.07) is 11.2. The van der Waals surface area contributed by atoms with Crippen LogP contribution >= 0.6 is 0 Å². The summed E-state index contributed by atoms with van der Waals surface area (Å²) >= 11 is 0. The van der Waals surface area contributed by atoms with Crippen molar-refractivity contribution in [3.8, 4) is 11.1 Å². The van der Waals surface area contributed by atoms with Gasteiger partial charge >= 0.3 is 0 Å². The minimum atomic E-state index is 0.141. The third kappa shape index (κ3) is 3.47. The Labute approximate surface area is 176 Å². The molecule has 2 aliphatic heterocycles. The van der Waals surface area contributed by atoms with Crippen molar-refractivity contribution in [2.45, 2.75) is 32.2 Å². The molecular formula is C24H27N5O. The topological polar surface area (TPSA) is 61.4 Å². The smallest absolute Gasteiger partial charge is 0.219 e. The Morgan fingerprint density at radius 1 is 1.13 bits per heavy atom. The van der Waals surface area contributed by atoms with Crippen LogP contribution in [0.15, 0.2) is 42.7 Å². The molecule has 6 heteroatoms. The van der Waals surface area contributed by atoms with Gasteiger partial charge in [-0.25, -0.2) is 0 Å². The van der Waals surface area contributed by atoms with E-state index in [1.165, 1.54) is 17.7 Å². The molecule has 2 aliphatic rings. The Bertz CT molecular complexity index is 1110. The Hall–Kier alpha value is -3.15. The molecule has 0 saturated carbocycles. The maximum absolute atomic E-state index is 11.7. The van der Waals surface area contributed by atoms with E-state index in [-0.39, 0.29) is 11.9 Å². The molecule has 3 heterocycles. The second kappa shape index (κ2) is 7.59. The van der Waals surface area contributed by atoms with Crippen LogP contribution in [0.5, 0.6) is 0 Å². The molecule has 0 bridgehead atoms. The summed E-state index contributed by atoms with van der Waals surface area (Å²) in [6.07, 6.45) is 6.79. The van der Waals surface area contributed by atoms with Crippen LogP contribution in [0.25, 0.3) is 22.2 Å². The number of carbonyl (C=O) groups is 1. The highest BCUT2D eigenvalue weighted by Crippen LogP contribution is 2.35. The van der Waals surface area contributed by atoms with Gasteiger partial charge in [-0.3, -0.25) is 14.8 Å². The van der Waals surface area contributed by atoms with Gasteiger partial charge in [0.2, 0.25) is 5.91 Å². The molecule has 5 rings (SSSR count). The summed E-state index contributed by atoms with van der Waals surface area (Å²) < 4.78 is 0. The SMILES string of the molecule is CC(=O)N1CCC(Nc2cc(-c3ccc4c(c3)N(C)CCC4)c3nccnc3c2)C1. The Morgan fingerprint density at radius 2 is 2.00 bits per heavy atom. The first-order valence-electron chi connectivity index (χ1n) is 10.7. The predicted molar refractivity (Wildman–Crippen MR) is 121 cm³/mol. The van der Waals surface area contributed by atoms with Crippen molar-refractivity contribution in [3.63, 3.8) is 0 Å². The fraction of sp³-hybridized carbons (Fsp3) is 0.375. The first-order chi connectivity index (χ1) is 14.6. The third-order valence-corrected chi connectivity index (χ3v) is 6.33. The number of benzene rings is 2. The van der Waals surface area contributed by atoms with Crippen molar-refractivity contribution in [2.24, 2.45) is 0 Å². The van der Waals surface area contributed by atoms with Crippen molar-refractivity contribution in [1.82, 2.24) is 14.9 Å². The van der Waals surface area contributed by atoms with Crippen LogP contribution in [-0.4, -0.2) is 53.5 Å². The average Bonchev–Trinajstić information content (AvgIpc) is 3.22. The molecule has 1 amide bonds. The number of nitrogens with zero attached hydrogens (tertiary/aromatic N) is 4. The minimum absolute atomic E-state index is 0.141. The van der Waals surface area contributed by atoms with E-state index in [0.29, 0.717) is 0 Å². The lowest BCUT2D eigenvalue weighted by atomic mass is 9.96. The first kappa shape index (κ1) is 18.9. The maximum atomic E-state index is 11.7. The molecule has 30 heavy (non-hydrogen) atoms. The number of hydrogen-bond donors (Lipinski definition) is 1. The lowest BCUT2D eigenvalue weighted by Gasteiger charge is -2.28. The second-order valence-corrected chi connectivity index (χ2v) is 8.41. The molecule has 154 valence electrons. The van der Waals surface area contributed by atoms with Gasteiger partial charge in [-0.15, -0.1) is 0 Å². The molecule has 6 nitrogen and oxygen atoms in total. The van der Waals surface area contributed by atoms with E-state index in [1.54, 1.807) is 19.3 Å². The number of fused-ring (bicyclic) bond motifs is 2. The lowest BCUT2D eigenvalue weighted by Crippen LogP contribution is -2.29. The highest BCUT2D eigenvalue weighted by atomic mass is 16.2. The van der Waals surface area contributed by atoms with Gasteiger partial charge in [0.05, 0.1) is 11.0 Å². The van der Waals surface area contributed by atoms with Crippen LogP contribution in [0.3, 0.4) is 0 Å². The van der Waals surface area contributed by atoms with E-state index in [1.807, 2.05) is 4.90 Å². The van der Waals surface area contributed by atoms with Gasteiger partial charge in [-0.05, 0) is 48.6 Å². The number of carbonyl (C=O) groups excluding carboxylic acids is 1. The van der Waals surface area contributed by atoms with Crippen LogP contribution in [-0.2, 0) is 11.2 Å². The van der Waals surface area contributed by atoms with Crippen LogP contribution < -0.4 is 10.2 Å². The standard InChI is InChI=1S/C24H27N5O/c1-16(30)29-11-7-19(15-29)27-20-13-21(24-22(14-20)25-8-9-26-24)18-6-5-17-4-3-10-28(2)23(17)12-18/h5-6,8-9,12-14,19,27H,3-4,7,10-11,15H2,1-2H3. The summed E-state index contributed by atoms with van der Waals surface area (Å²) in [5.74, 6) is 0.141. The number of aromatic nitrogens is 2. The number of hydrogen-bond acceptors (Lipinski definition) is 5. The van der Waals surface area contributed by atoms with Gasteiger partial charge in [-0.1, -0.05) is 12.1 Å². The van der Waals surface area contributed by atoms with Gasteiger partial charge in [0.15, 0.2) is 0 Å². The van der Waals surface area contributed by atoms with Gasteiger partial charge in [0.1, 0.15) is 0 Å². The van der Waals surface area contributed by atoms with Crippen LogP contribution in [0.1, 0.15) is 25.3 Å². The van der Waals surface area contributed by atoms with E-state index in [9.17, 15) is 4.79 Å². The summed E-state index contributed by atoms with van der Waals surface area (Å²) in [4.78, 5) is 25.1. The third-order valence-electron chi connectivity index (χ3n) is 6.33. The normalized spacial score (nSPS) is 18.5. The van der Waals surface area contributed by atoms with Crippen molar-refractivity contribution < 1.29 is 4.79 Å². The minimum Gasteiger partial charge on any atom is -0.380 e. The maximum Gasteiger partial charge on any atom is 0.219 e. The van der Waals surface area contributed by atoms with Gasteiger partial charge < -0.3 is 15.1 Å². The molecular weight excluding hydrogens is 374 g/mol. The van der Waals surface area contributed by atoms with Gasteiger partial charge in [0, 0.05) is 69.0 Å². The van der Waals surface area contributed by atoms with Gasteiger partial charge in [-0.2, -0.15) is 0 Å². The van der Waals surface area contributed by atoms with Crippen molar-refractivity contribution in [2.75, 3.05) is 36.9 Å². The highest BCUT2D eigenvalue weighted by molar-refractivity contribution is 5.95. The van der Waals surface area contributed by atoms with Crippen LogP contribution in [0.2, 0.25) is 0 Å². The highest BCUT2D eigenvalue weighted by Gasteiger charge is 2.24. The predicted octanol–water partition coefficient (Wildman–Crippen LogP) is 3.71. The average molecular weight is 402 g/mol. The fourth-order valence-electron chi connectivity index (χ4n) is 4.70. The molecule has 1 atom stereocenters. The molecule has 1 aromatic heterocycles. The molecule has 0 spiro atoms. The molecule has 2 aromatic carbocycles. The second-order valence-electron chi connectivity index (χ2n) is 8.41. The van der Waals surface area contributed by atoms with Crippen molar-refractivity contribution in [1.29, 1.82) is 0 Å². The van der Waals surface area contributed by atoms with E-state index in [0.717, 1.165) is 60.3 Å².